The predicted molar refractivity (Wildman–Crippen MR) is 113 cm³/mol. The second-order valence-corrected chi connectivity index (χ2v) is 7.18. The van der Waals surface area contributed by atoms with Gasteiger partial charge in [-0.3, -0.25) is 10.2 Å². The Labute approximate surface area is 166 Å². The molecule has 0 radical (unpaired) electrons. The van der Waals surface area contributed by atoms with Crippen LogP contribution in [0.5, 0.6) is 0 Å². The minimum absolute atomic E-state index is 0.0232. The average molecular weight is 386 g/mol. The van der Waals surface area contributed by atoms with Crippen molar-refractivity contribution in [1.82, 2.24) is 9.88 Å². The minimum atomic E-state index is -0.500. The highest BCUT2D eigenvalue weighted by atomic mass is 16.7. The van der Waals surface area contributed by atoms with E-state index < -0.39 is 6.09 Å². The molecule has 6 heteroatoms. The number of rotatable bonds is 9. The SMILES string of the molecule is CCCCOCOC(=O)Nc1ccc2[nH]cc(C3=CCN(CCC)CC3)c2c1. The quantitative estimate of drug-likeness (QED) is 0.471. The normalized spacial score (nSPS) is 14.9. The summed E-state index contributed by atoms with van der Waals surface area (Å²) >= 11 is 0. The lowest BCUT2D eigenvalue weighted by Gasteiger charge is -2.25. The first kappa shape index (κ1) is 20.4. The number of hydrogen-bond donors (Lipinski definition) is 2. The lowest BCUT2D eigenvalue weighted by molar-refractivity contribution is -0.0110. The number of fused-ring (bicyclic) bond motifs is 1. The number of amides is 1. The van der Waals surface area contributed by atoms with Crippen LogP contribution in [0.25, 0.3) is 16.5 Å². The number of anilines is 1. The number of H-pyrrole nitrogens is 1. The van der Waals surface area contributed by atoms with Gasteiger partial charge in [-0.25, -0.2) is 4.79 Å². The fourth-order valence-electron chi connectivity index (χ4n) is 3.49. The zero-order chi connectivity index (χ0) is 19.8. The highest BCUT2D eigenvalue weighted by Crippen LogP contribution is 2.31. The van der Waals surface area contributed by atoms with Crippen LogP contribution in [-0.2, 0) is 9.47 Å². The number of carbonyl (C=O) groups is 1. The molecular formula is C22H31N3O3. The van der Waals surface area contributed by atoms with Crippen LogP contribution in [0, 0.1) is 0 Å². The van der Waals surface area contributed by atoms with Crippen molar-refractivity contribution in [2.24, 2.45) is 0 Å². The zero-order valence-corrected chi connectivity index (χ0v) is 16.9. The molecule has 0 saturated carbocycles. The molecule has 152 valence electrons. The van der Waals surface area contributed by atoms with Gasteiger partial charge in [-0.1, -0.05) is 26.3 Å². The second-order valence-electron chi connectivity index (χ2n) is 7.18. The number of carbonyl (C=O) groups excluding carboxylic acids is 1. The van der Waals surface area contributed by atoms with E-state index >= 15 is 0 Å². The Hall–Kier alpha value is -2.31. The van der Waals surface area contributed by atoms with Gasteiger partial charge in [-0.2, -0.15) is 0 Å². The Morgan fingerprint density at radius 3 is 2.93 bits per heavy atom. The highest BCUT2D eigenvalue weighted by Gasteiger charge is 2.15. The predicted octanol–water partition coefficient (Wildman–Crippen LogP) is 4.99. The summed E-state index contributed by atoms with van der Waals surface area (Å²) < 4.78 is 10.3. The number of nitrogens with one attached hydrogen (secondary N) is 2. The van der Waals surface area contributed by atoms with E-state index in [0.29, 0.717) is 6.61 Å². The molecule has 1 aromatic carbocycles. The first-order valence-electron chi connectivity index (χ1n) is 10.3. The fraction of sp³-hybridized carbons (Fsp3) is 0.500. The molecule has 28 heavy (non-hydrogen) atoms. The molecule has 1 aliphatic heterocycles. The molecule has 0 aliphatic carbocycles. The van der Waals surface area contributed by atoms with Gasteiger partial charge in [0, 0.05) is 41.4 Å². The number of ether oxygens (including phenoxy) is 2. The number of benzene rings is 1. The van der Waals surface area contributed by atoms with Crippen molar-refractivity contribution in [3.63, 3.8) is 0 Å². The first-order chi connectivity index (χ1) is 13.7. The van der Waals surface area contributed by atoms with Crippen LogP contribution in [0.3, 0.4) is 0 Å². The summed E-state index contributed by atoms with van der Waals surface area (Å²) in [7, 11) is 0. The molecule has 0 atom stereocenters. The number of aromatic amines is 1. The van der Waals surface area contributed by atoms with Gasteiger partial charge in [0.15, 0.2) is 6.79 Å². The van der Waals surface area contributed by atoms with Crippen molar-refractivity contribution in [3.05, 3.63) is 36.0 Å². The van der Waals surface area contributed by atoms with Gasteiger partial charge in [0.05, 0.1) is 6.61 Å². The lowest BCUT2D eigenvalue weighted by atomic mass is 9.98. The third-order valence-corrected chi connectivity index (χ3v) is 5.02. The summed E-state index contributed by atoms with van der Waals surface area (Å²) in [6.45, 7) is 8.13. The maximum absolute atomic E-state index is 12.0. The van der Waals surface area contributed by atoms with E-state index in [1.165, 1.54) is 17.6 Å². The largest absolute Gasteiger partial charge is 0.422 e. The molecule has 2 aromatic rings. The summed E-state index contributed by atoms with van der Waals surface area (Å²) in [5.74, 6) is 0. The Balaban J connectivity index is 1.63. The summed E-state index contributed by atoms with van der Waals surface area (Å²) in [6, 6.07) is 5.86. The van der Waals surface area contributed by atoms with Crippen LogP contribution in [0.2, 0.25) is 0 Å². The maximum atomic E-state index is 12.0. The van der Waals surface area contributed by atoms with Crippen LogP contribution < -0.4 is 5.32 Å². The van der Waals surface area contributed by atoms with Crippen LogP contribution in [0.15, 0.2) is 30.5 Å². The van der Waals surface area contributed by atoms with Crippen molar-refractivity contribution in [3.8, 4) is 0 Å². The first-order valence-corrected chi connectivity index (χ1v) is 10.3. The minimum Gasteiger partial charge on any atom is -0.422 e. The molecule has 0 spiro atoms. The molecule has 3 rings (SSSR count). The zero-order valence-electron chi connectivity index (χ0n) is 16.9. The van der Waals surface area contributed by atoms with Gasteiger partial charge in [0.25, 0.3) is 0 Å². The van der Waals surface area contributed by atoms with Gasteiger partial charge in [-0.15, -0.1) is 0 Å². The Morgan fingerprint density at radius 2 is 2.18 bits per heavy atom. The van der Waals surface area contributed by atoms with E-state index in [4.69, 9.17) is 9.47 Å². The summed E-state index contributed by atoms with van der Waals surface area (Å²) in [4.78, 5) is 17.8. The average Bonchev–Trinajstić information content (AvgIpc) is 3.12. The van der Waals surface area contributed by atoms with Crippen molar-refractivity contribution in [2.45, 2.75) is 39.5 Å². The number of aromatic nitrogens is 1. The van der Waals surface area contributed by atoms with Gasteiger partial charge < -0.3 is 14.5 Å². The molecule has 0 unspecified atom stereocenters. The van der Waals surface area contributed by atoms with E-state index in [2.05, 4.69) is 41.3 Å². The molecule has 2 N–H and O–H groups in total. The van der Waals surface area contributed by atoms with Crippen molar-refractivity contribution in [1.29, 1.82) is 0 Å². The molecule has 1 amide bonds. The number of hydrogen-bond acceptors (Lipinski definition) is 4. The monoisotopic (exact) mass is 385 g/mol. The standard InChI is InChI=1S/C22H31N3O3/c1-3-5-13-27-16-28-22(26)24-18-6-7-21-19(14-18)20(15-23-21)17-8-11-25(10-4-2)12-9-17/h6-8,14-15,23H,3-5,9-13,16H2,1-2H3,(H,24,26). The maximum Gasteiger partial charge on any atom is 0.413 e. The Bertz CT molecular complexity index is 812. The van der Waals surface area contributed by atoms with Crippen molar-refractivity contribution < 1.29 is 14.3 Å². The van der Waals surface area contributed by atoms with Crippen LogP contribution in [-0.4, -0.2) is 49.0 Å². The summed E-state index contributed by atoms with van der Waals surface area (Å²) in [5.41, 5.74) is 4.36. The van der Waals surface area contributed by atoms with E-state index in [-0.39, 0.29) is 6.79 Å². The molecule has 0 saturated heterocycles. The molecule has 0 fully saturated rings. The van der Waals surface area contributed by atoms with E-state index in [0.717, 1.165) is 55.5 Å². The highest BCUT2D eigenvalue weighted by molar-refractivity contribution is 5.96. The third-order valence-electron chi connectivity index (χ3n) is 5.02. The number of nitrogens with zero attached hydrogens (tertiary/aromatic N) is 1. The van der Waals surface area contributed by atoms with Gasteiger partial charge in [0.1, 0.15) is 0 Å². The van der Waals surface area contributed by atoms with Crippen LogP contribution in [0.1, 0.15) is 45.1 Å². The lowest BCUT2D eigenvalue weighted by Crippen LogP contribution is -2.29. The van der Waals surface area contributed by atoms with E-state index in [9.17, 15) is 4.79 Å². The summed E-state index contributed by atoms with van der Waals surface area (Å²) in [6.07, 6.45) is 8.13. The van der Waals surface area contributed by atoms with Crippen molar-refractivity contribution >= 4 is 28.3 Å². The fourth-order valence-corrected chi connectivity index (χ4v) is 3.49. The third kappa shape index (κ3) is 5.36. The Morgan fingerprint density at radius 1 is 1.29 bits per heavy atom. The second kappa shape index (κ2) is 10.3. The van der Waals surface area contributed by atoms with Gasteiger partial charge in [-0.05, 0) is 49.6 Å². The molecule has 1 aliphatic rings. The molecule has 6 nitrogen and oxygen atoms in total. The van der Waals surface area contributed by atoms with Crippen LogP contribution in [0.4, 0.5) is 10.5 Å². The van der Waals surface area contributed by atoms with Gasteiger partial charge in [0.2, 0.25) is 0 Å². The molecule has 1 aromatic heterocycles. The topological polar surface area (TPSA) is 66.6 Å². The smallest absolute Gasteiger partial charge is 0.413 e. The Kier molecular flexibility index (Phi) is 7.51. The molecular weight excluding hydrogens is 354 g/mol. The summed E-state index contributed by atoms with van der Waals surface area (Å²) in [5, 5.41) is 3.90. The van der Waals surface area contributed by atoms with Gasteiger partial charge >= 0.3 is 6.09 Å². The van der Waals surface area contributed by atoms with E-state index in [1.54, 1.807) is 0 Å². The van der Waals surface area contributed by atoms with Crippen molar-refractivity contribution in [2.75, 3.05) is 38.4 Å². The van der Waals surface area contributed by atoms with E-state index in [1.807, 2.05) is 18.2 Å². The van der Waals surface area contributed by atoms with Crippen LogP contribution >= 0.6 is 0 Å². The molecule has 2 heterocycles. The number of unbranched alkanes of at least 4 members (excludes halogenated alkanes) is 1. The molecule has 0 bridgehead atoms.